The van der Waals surface area contributed by atoms with Crippen LogP contribution in [0.3, 0.4) is 0 Å². The van der Waals surface area contributed by atoms with Gasteiger partial charge in [0.15, 0.2) is 0 Å². The molecule has 1 aromatic carbocycles. The lowest BCUT2D eigenvalue weighted by molar-refractivity contribution is 0.534. The summed E-state index contributed by atoms with van der Waals surface area (Å²) in [6.07, 6.45) is 4.17. The molecule has 3 heteroatoms. The van der Waals surface area contributed by atoms with Crippen molar-refractivity contribution >= 4 is 17.3 Å². The van der Waals surface area contributed by atoms with Gasteiger partial charge in [-0.3, -0.25) is 0 Å². The highest BCUT2D eigenvalue weighted by atomic mass is 35.5. The van der Waals surface area contributed by atoms with E-state index in [9.17, 15) is 0 Å². The van der Waals surface area contributed by atoms with E-state index in [1.807, 2.05) is 12.1 Å². The van der Waals surface area contributed by atoms with E-state index in [0.29, 0.717) is 17.1 Å². The van der Waals surface area contributed by atoms with Gasteiger partial charge in [-0.25, -0.2) is 4.98 Å². The van der Waals surface area contributed by atoms with Crippen LogP contribution in [0.1, 0.15) is 42.9 Å². The molecular weight excluding hydrogens is 256 g/mol. The standard InChI is InChI=1S/C16H17ClN2/c1-11-6-8-15(14-5-3-2-4-13(11)14)19-12-7-9-16(17)18-10-12/h2-5,7,9-11,15,19H,6,8H2,1H3. The molecule has 0 saturated carbocycles. The Morgan fingerprint density at radius 2 is 1.89 bits per heavy atom. The number of nitrogens with zero attached hydrogens (tertiary/aromatic N) is 1. The molecule has 1 aliphatic rings. The van der Waals surface area contributed by atoms with Crippen LogP contribution in [0.25, 0.3) is 0 Å². The average molecular weight is 273 g/mol. The van der Waals surface area contributed by atoms with Gasteiger partial charge in [0.05, 0.1) is 17.9 Å². The van der Waals surface area contributed by atoms with Crippen LogP contribution in [0, 0.1) is 0 Å². The average Bonchev–Trinajstić information content (AvgIpc) is 2.45. The lowest BCUT2D eigenvalue weighted by Crippen LogP contribution is -2.19. The fourth-order valence-corrected chi connectivity index (χ4v) is 2.93. The zero-order valence-corrected chi connectivity index (χ0v) is 11.7. The summed E-state index contributed by atoms with van der Waals surface area (Å²) in [6, 6.07) is 12.9. The van der Waals surface area contributed by atoms with Gasteiger partial charge < -0.3 is 5.32 Å². The molecule has 2 aromatic rings. The monoisotopic (exact) mass is 272 g/mol. The van der Waals surface area contributed by atoms with Gasteiger partial charge in [-0.2, -0.15) is 0 Å². The second-order valence-electron chi connectivity index (χ2n) is 5.17. The largest absolute Gasteiger partial charge is 0.377 e. The van der Waals surface area contributed by atoms with Crippen LogP contribution in [-0.4, -0.2) is 4.98 Å². The van der Waals surface area contributed by atoms with E-state index in [4.69, 9.17) is 11.6 Å². The Balaban J connectivity index is 1.86. The van der Waals surface area contributed by atoms with E-state index >= 15 is 0 Å². The predicted molar refractivity (Wildman–Crippen MR) is 79.7 cm³/mol. The van der Waals surface area contributed by atoms with Crippen LogP contribution in [0.2, 0.25) is 5.15 Å². The molecule has 0 amide bonds. The molecule has 0 spiro atoms. The molecule has 98 valence electrons. The molecular formula is C16H17ClN2. The molecule has 1 N–H and O–H groups in total. The second-order valence-corrected chi connectivity index (χ2v) is 5.56. The molecule has 1 aliphatic carbocycles. The Labute approximate surface area is 118 Å². The van der Waals surface area contributed by atoms with Gasteiger partial charge in [0.1, 0.15) is 5.15 Å². The van der Waals surface area contributed by atoms with Crippen LogP contribution in [0.4, 0.5) is 5.69 Å². The van der Waals surface area contributed by atoms with E-state index in [2.05, 4.69) is 41.5 Å². The van der Waals surface area contributed by atoms with Crippen LogP contribution in [0.15, 0.2) is 42.6 Å². The number of rotatable bonds is 2. The van der Waals surface area contributed by atoms with Crippen molar-refractivity contribution in [1.29, 1.82) is 0 Å². The molecule has 1 aromatic heterocycles. The van der Waals surface area contributed by atoms with E-state index in [0.717, 1.165) is 12.1 Å². The summed E-state index contributed by atoms with van der Waals surface area (Å²) in [5.74, 6) is 0.651. The van der Waals surface area contributed by atoms with Crippen LogP contribution < -0.4 is 5.32 Å². The smallest absolute Gasteiger partial charge is 0.129 e. The number of hydrogen-bond donors (Lipinski definition) is 1. The van der Waals surface area contributed by atoms with Gasteiger partial charge in [0.2, 0.25) is 0 Å². The predicted octanol–water partition coefficient (Wildman–Crippen LogP) is 4.79. The summed E-state index contributed by atoms with van der Waals surface area (Å²) >= 11 is 5.82. The van der Waals surface area contributed by atoms with Crippen LogP contribution >= 0.6 is 11.6 Å². The normalized spacial score (nSPS) is 21.8. The van der Waals surface area contributed by atoms with Gasteiger partial charge in [-0.05, 0) is 42.0 Å². The Kier molecular flexibility index (Phi) is 3.43. The number of pyridine rings is 1. The number of benzene rings is 1. The summed E-state index contributed by atoms with van der Waals surface area (Å²) in [5, 5.41) is 4.09. The SMILES string of the molecule is CC1CCC(Nc2ccc(Cl)nc2)c2ccccc21. The minimum absolute atomic E-state index is 0.371. The summed E-state index contributed by atoms with van der Waals surface area (Å²) in [6.45, 7) is 2.30. The number of hydrogen-bond acceptors (Lipinski definition) is 2. The molecule has 0 saturated heterocycles. The fraction of sp³-hybridized carbons (Fsp3) is 0.312. The van der Waals surface area contributed by atoms with Crippen molar-refractivity contribution in [1.82, 2.24) is 4.98 Å². The molecule has 0 fully saturated rings. The minimum atomic E-state index is 0.371. The molecule has 2 unspecified atom stereocenters. The van der Waals surface area contributed by atoms with Crippen molar-refractivity contribution < 1.29 is 0 Å². The van der Waals surface area contributed by atoms with Gasteiger partial charge in [0.25, 0.3) is 0 Å². The number of fused-ring (bicyclic) bond motifs is 1. The third-order valence-electron chi connectivity index (χ3n) is 3.86. The second kappa shape index (κ2) is 5.22. The summed E-state index contributed by atoms with van der Waals surface area (Å²) in [7, 11) is 0. The first kappa shape index (κ1) is 12.5. The van der Waals surface area contributed by atoms with Crippen molar-refractivity contribution in [3.8, 4) is 0 Å². The Bertz CT molecular complexity index is 565. The summed E-state index contributed by atoms with van der Waals surface area (Å²) in [5.41, 5.74) is 3.91. The topological polar surface area (TPSA) is 24.9 Å². The number of aromatic nitrogens is 1. The molecule has 19 heavy (non-hydrogen) atoms. The van der Waals surface area contributed by atoms with Crippen molar-refractivity contribution in [2.75, 3.05) is 5.32 Å². The van der Waals surface area contributed by atoms with E-state index in [1.165, 1.54) is 17.5 Å². The zero-order chi connectivity index (χ0) is 13.2. The number of nitrogens with one attached hydrogen (secondary N) is 1. The van der Waals surface area contributed by atoms with Crippen molar-refractivity contribution in [3.05, 3.63) is 58.9 Å². The Hall–Kier alpha value is -1.54. The highest BCUT2D eigenvalue weighted by Crippen LogP contribution is 2.38. The van der Waals surface area contributed by atoms with E-state index in [-0.39, 0.29) is 0 Å². The van der Waals surface area contributed by atoms with Crippen LogP contribution in [-0.2, 0) is 0 Å². The van der Waals surface area contributed by atoms with Gasteiger partial charge in [-0.15, -0.1) is 0 Å². The highest BCUT2D eigenvalue weighted by molar-refractivity contribution is 6.29. The molecule has 0 aliphatic heterocycles. The quantitative estimate of drug-likeness (QED) is 0.796. The maximum atomic E-state index is 5.82. The third-order valence-corrected chi connectivity index (χ3v) is 4.08. The zero-order valence-electron chi connectivity index (χ0n) is 10.9. The van der Waals surface area contributed by atoms with Crippen molar-refractivity contribution in [2.24, 2.45) is 0 Å². The maximum Gasteiger partial charge on any atom is 0.129 e. The minimum Gasteiger partial charge on any atom is -0.377 e. The molecule has 3 rings (SSSR count). The lowest BCUT2D eigenvalue weighted by atomic mass is 9.81. The Morgan fingerprint density at radius 1 is 1.11 bits per heavy atom. The number of anilines is 1. The maximum absolute atomic E-state index is 5.82. The van der Waals surface area contributed by atoms with E-state index in [1.54, 1.807) is 6.20 Å². The lowest BCUT2D eigenvalue weighted by Gasteiger charge is -2.30. The van der Waals surface area contributed by atoms with Gasteiger partial charge in [0, 0.05) is 0 Å². The van der Waals surface area contributed by atoms with E-state index < -0.39 is 0 Å². The third kappa shape index (κ3) is 2.59. The van der Waals surface area contributed by atoms with Gasteiger partial charge >= 0.3 is 0 Å². The summed E-state index contributed by atoms with van der Waals surface area (Å²) in [4.78, 5) is 4.12. The van der Waals surface area contributed by atoms with Crippen molar-refractivity contribution in [3.63, 3.8) is 0 Å². The number of halogens is 1. The molecule has 2 atom stereocenters. The van der Waals surface area contributed by atoms with Gasteiger partial charge in [-0.1, -0.05) is 42.8 Å². The summed E-state index contributed by atoms with van der Waals surface area (Å²) < 4.78 is 0. The highest BCUT2D eigenvalue weighted by Gasteiger charge is 2.24. The first-order valence-electron chi connectivity index (χ1n) is 6.71. The first-order valence-corrected chi connectivity index (χ1v) is 7.09. The van der Waals surface area contributed by atoms with Crippen LogP contribution in [0.5, 0.6) is 0 Å². The van der Waals surface area contributed by atoms with Crippen molar-refractivity contribution in [2.45, 2.75) is 31.7 Å². The molecule has 0 bridgehead atoms. The fourth-order valence-electron chi connectivity index (χ4n) is 2.82. The Morgan fingerprint density at radius 3 is 2.63 bits per heavy atom. The molecule has 0 radical (unpaired) electrons. The first-order chi connectivity index (χ1) is 9.24. The molecule has 1 heterocycles. The molecule has 2 nitrogen and oxygen atoms in total.